The number of hydrogen-bond donors (Lipinski definition) is 0. The molecule has 1 aliphatic rings. The number of hydrogen-bond acceptors (Lipinski definition) is 4. The lowest BCUT2D eigenvalue weighted by Crippen LogP contribution is -1.92. The van der Waals surface area contributed by atoms with Gasteiger partial charge in [-0.3, -0.25) is 0 Å². The van der Waals surface area contributed by atoms with Gasteiger partial charge in [0.2, 0.25) is 6.79 Å². The first-order valence-electron chi connectivity index (χ1n) is 8.02. The van der Waals surface area contributed by atoms with Gasteiger partial charge in [0, 0.05) is 10.6 Å². The molecule has 4 rings (SSSR count). The zero-order chi connectivity index (χ0) is 18.1. The molecule has 128 valence electrons. The summed E-state index contributed by atoms with van der Waals surface area (Å²) in [6.07, 6.45) is 1.71. The fraction of sp³-hybridized carbons (Fsp3) is 0.0952. The van der Waals surface area contributed by atoms with Crippen LogP contribution >= 0.6 is 11.6 Å². The van der Waals surface area contributed by atoms with Gasteiger partial charge in [-0.2, -0.15) is 5.26 Å². The maximum Gasteiger partial charge on any atom is 0.231 e. The minimum atomic E-state index is 0.199. The van der Waals surface area contributed by atoms with E-state index in [-0.39, 0.29) is 6.79 Å². The van der Waals surface area contributed by atoms with Gasteiger partial charge in [-0.25, -0.2) is 0 Å². The Balaban J connectivity index is 1.66. The highest BCUT2D eigenvalue weighted by Gasteiger charge is 2.15. The summed E-state index contributed by atoms with van der Waals surface area (Å²) in [4.78, 5) is 0. The molecule has 0 N–H and O–H groups in total. The quantitative estimate of drug-likeness (QED) is 0.560. The molecule has 1 aromatic heterocycles. The average Bonchev–Trinajstić information content (AvgIpc) is 3.30. The summed E-state index contributed by atoms with van der Waals surface area (Å²) in [5, 5.41) is 10.2. The molecule has 2 aromatic carbocycles. The number of halogens is 1. The van der Waals surface area contributed by atoms with E-state index in [1.807, 2.05) is 43.3 Å². The van der Waals surface area contributed by atoms with Crippen molar-refractivity contribution in [3.63, 3.8) is 0 Å². The monoisotopic (exact) mass is 363 g/mol. The van der Waals surface area contributed by atoms with Gasteiger partial charge >= 0.3 is 0 Å². The molecule has 0 radical (unpaired) electrons. The van der Waals surface area contributed by atoms with E-state index in [4.69, 9.17) is 25.5 Å². The minimum absolute atomic E-state index is 0.199. The highest BCUT2D eigenvalue weighted by atomic mass is 35.5. The van der Waals surface area contributed by atoms with E-state index in [2.05, 4.69) is 6.07 Å². The van der Waals surface area contributed by atoms with Crippen molar-refractivity contribution in [2.45, 2.75) is 6.92 Å². The fourth-order valence-corrected chi connectivity index (χ4v) is 2.90. The number of allylic oxidation sites excluding steroid dienone is 1. The van der Waals surface area contributed by atoms with Gasteiger partial charge in [0.05, 0.1) is 11.6 Å². The number of ether oxygens (including phenoxy) is 2. The van der Waals surface area contributed by atoms with Crippen LogP contribution in [0, 0.1) is 18.3 Å². The lowest BCUT2D eigenvalue weighted by atomic mass is 10.1. The highest BCUT2D eigenvalue weighted by molar-refractivity contribution is 6.31. The third-order valence-electron chi connectivity index (χ3n) is 4.17. The summed E-state index contributed by atoms with van der Waals surface area (Å²) in [6.45, 7) is 2.15. The number of nitrogens with zero attached hydrogens (tertiary/aromatic N) is 1. The number of aryl methyl sites for hydroxylation is 1. The van der Waals surface area contributed by atoms with Crippen molar-refractivity contribution < 1.29 is 13.9 Å². The van der Waals surface area contributed by atoms with Crippen molar-refractivity contribution in [1.82, 2.24) is 0 Å². The van der Waals surface area contributed by atoms with Gasteiger partial charge in [-0.1, -0.05) is 23.7 Å². The molecule has 3 aromatic rings. The Kier molecular flexibility index (Phi) is 4.16. The number of rotatable bonds is 3. The molecule has 0 atom stereocenters. The van der Waals surface area contributed by atoms with Crippen LogP contribution in [-0.4, -0.2) is 6.79 Å². The van der Waals surface area contributed by atoms with Crippen LogP contribution in [0.25, 0.3) is 23.0 Å². The molecular weight excluding hydrogens is 350 g/mol. The normalized spacial score (nSPS) is 12.9. The average molecular weight is 364 g/mol. The molecule has 0 unspecified atom stereocenters. The first-order chi connectivity index (χ1) is 12.6. The van der Waals surface area contributed by atoms with E-state index in [0.717, 1.165) is 16.7 Å². The molecule has 5 heteroatoms. The summed E-state index contributed by atoms with van der Waals surface area (Å²) in [5.74, 6) is 2.60. The van der Waals surface area contributed by atoms with Gasteiger partial charge in [0.1, 0.15) is 11.5 Å². The fourth-order valence-electron chi connectivity index (χ4n) is 2.72. The zero-order valence-corrected chi connectivity index (χ0v) is 14.7. The van der Waals surface area contributed by atoms with Crippen LogP contribution < -0.4 is 9.47 Å². The van der Waals surface area contributed by atoms with E-state index in [9.17, 15) is 5.26 Å². The Labute approximate surface area is 155 Å². The predicted octanol–water partition coefficient (Wildman–Crippen LogP) is 5.70. The summed E-state index contributed by atoms with van der Waals surface area (Å²) < 4.78 is 16.5. The van der Waals surface area contributed by atoms with Gasteiger partial charge in [0.15, 0.2) is 11.5 Å². The molecule has 0 saturated carbocycles. The van der Waals surface area contributed by atoms with Crippen molar-refractivity contribution in [2.24, 2.45) is 0 Å². The summed E-state index contributed by atoms with van der Waals surface area (Å²) in [5.41, 5.74) is 3.12. The van der Waals surface area contributed by atoms with Crippen molar-refractivity contribution in [3.05, 3.63) is 70.4 Å². The van der Waals surface area contributed by atoms with Crippen molar-refractivity contribution in [2.75, 3.05) is 6.79 Å². The molecular formula is C21H14ClNO3. The van der Waals surface area contributed by atoms with E-state index >= 15 is 0 Å². The number of benzene rings is 2. The molecule has 4 nitrogen and oxygen atoms in total. The molecule has 0 saturated heterocycles. The van der Waals surface area contributed by atoms with E-state index in [1.54, 1.807) is 18.2 Å². The molecule has 2 heterocycles. The molecule has 0 amide bonds. The van der Waals surface area contributed by atoms with E-state index < -0.39 is 0 Å². The van der Waals surface area contributed by atoms with Gasteiger partial charge in [0.25, 0.3) is 0 Å². The summed E-state index contributed by atoms with van der Waals surface area (Å²) in [7, 11) is 0. The number of fused-ring (bicyclic) bond motifs is 1. The van der Waals surface area contributed by atoms with Gasteiger partial charge in [-0.15, -0.1) is 0 Å². The lowest BCUT2D eigenvalue weighted by Gasteiger charge is -2.02. The highest BCUT2D eigenvalue weighted by Crippen LogP contribution is 2.35. The first kappa shape index (κ1) is 16.3. The lowest BCUT2D eigenvalue weighted by molar-refractivity contribution is 0.174. The van der Waals surface area contributed by atoms with Crippen LogP contribution in [-0.2, 0) is 0 Å². The Hall–Kier alpha value is -3.16. The minimum Gasteiger partial charge on any atom is -0.457 e. The van der Waals surface area contributed by atoms with E-state index in [1.165, 1.54) is 0 Å². The molecule has 0 spiro atoms. The summed E-state index contributed by atoms with van der Waals surface area (Å²) >= 11 is 6.19. The first-order valence-corrected chi connectivity index (χ1v) is 8.40. The summed E-state index contributed by atoms with van der Waals surface area (Å²) in [6, 6.07) is 17.1. The molecule has 0 bridgehead atoms. The van der Waals surface area contributed by atoms with Crippen molar-refractivity contribution in [1.29, 1.82) is 5.26 Å². The topological polar surface area (TPSA) is 55.4 Å². The van der Waals surface area contributed by atoms with Crippen LogP contribution in [0.1, 0.15) is 16.9 Å². The third-order valence-corrected chi connectivity index (χ3v) is 4.58. The molecule has 0 aliphatic carbocycles. The van der Waals surface area contributed by atoms with Crippen molar-refractivity contribution in [3.8, 4) is 28.9 Å². The third kappa shape index (κ3) is 3.05. The Morgan fingerprint density at radius 3 is 2.73 bits per heavy atom. The SMILES string of the molecule is Cc1ccc(-c2ccc(/C=C(/C#N)c3ccc4c(c3)OCO4)o2)cc1Cl. The second-order valence-corrected chi connectivity index (χ2v) is 6.31. The van der Waals surface area contributed by atoms with Crippen LogP contribution in [0.5, 0.6) is 11.5 Å². The maximum absolute atomic E-state index is 9.53. The second-order valence-electron chi connectivity index (χ2n) is 5.90. The zero-order valence-electron chi connectivity index (χ0n) is 14.0. The largest absolute Gasteiger partial charge is 0.457 e. The maximum atomic E-state index is 9.53. The predicted molar refractivity (Wildman–Crippen MR) is 99.9 cm³/mol. The van der Waals surface area contributed by atoms with Crippen LogP contribution in [0.15, 0.2) is 52.9 Å². The van der Waals surface area contributed by atoms with Crippen LogP contribution in [0.2, 0.25) is 5.02 Å². The van der Waals surface area contributed by atoms with Gasteiger partial charge in [-0.05, 0) is 60.5 Å². The molecule has 26 heavy (non-hydrogen) atoms. The number of furan rings is 1. The molecule has 0 fully saturated rings. The van der Waals surface area contributed by atoms with Crippen LogP contribution in [0.3, 0.4) is 0 Å². The van der Waals surface area contributed by atoms with Crippen molar-refractivity contribution >= 4 is 23.3 Å². The number of nitriles is 1. The molecule has 1 aliphatic heterocycles. The van der Waals surface area contributed by atoms with Crippen LogP contribution in [0.4, 0.5) is 0 Å². The second kappa shape index (κ2) is 6.62. The smallest absolute Gasteiger partial charge is 0.231 e. The Morgan fingerprint density at radius 2 is 1.92 bits per heavy atom. The standard InChI is InChI=1S/C21H14ClNO3/c1-13-2-3-15(9-18(13)22)19-7-5-17(26-19)8-16(11-23)14-4-6-20-21(10-14)25-12-24-20/h2-10H,12H2,1H3/b16-8-. The van der Waals surface area contributed by atoms with Gasteiger partial charge < -0.3 is 13.9 Å². The Bertz CT molecular complexity index is 1060. The Morgan fingerprint density at radius 1 is 1.08 bits per heavy atom. The van der Waals surface area contributed by atoms with E-state index in [0.29, 0.717) is 33.6 Å².